The zero-order valence-electron chi connectivity index (χ0n) is 10.2. The van der Waals surface area contributed by atoms with Gasteiger partial charge in [-0.25, -0.2) is 0 Å². The Morgan fingerprint density at radius 3 is 1.95 bits per heavy atom. The summed E-state index contributed by atoms with van der Waals surface area (Å²) in [7, 11) is 0. The van der Waals surface area contributed by atoms with Crippen molar-refractivity contribution in [3.8, 4) is 22.4 Å². The third-order valence-electron chi connectivity index (χ3n) is 3.06. The van der Waals surface area contributed by atoms with Crippen molar-refractivity contribution >= 4 is 5.82 Å². The van der Waals surface area contributed by atoms with Gasteiger partial charge in [0.05, 0.1) is 0 Å². The molecule has 1 aromatic heterocycles. The van der Waals surface area contributed by atoms with Crippen LogP contribution < -0.4 is 0 Å². The molecule has 3 aromatic rings. The van der Waals surface area contributed by atoms with E-state index in [4.69, 9.17) is 0 Å². The molecule has 3 heteroatoms. The van der Waals surface area contributed by atoms with Gasteiger partial charge in [-0.05, 0) is 22.4 Å². The maximum absolute atomic E-state index is 11.0. The lowest BCUT2D eigenvalue weighted by Crippen LogP contribution is -1.74. The van der Waals surface area contributed by atoms with Crippen LogP contribution in [0.4, 0.5) is 5.82 Å². The molecular formula is C16H12N2O. The fraction of sp³-hybridized carbons (Fsp3) is 0. The van der Waals surface area contributed by atoms with E-state index in [1.807, 2.05) is 66.7 Å². The lowest BCUT2D eigenvalue weighted by Gasteiger charge is -1.96. The quantitative estimate of drug-likeness (QED) is 0.668. The summed E-state index contributed by atoms with van der Waals surface area (Å²) in [5.74, 6) is 0.366. The van der Waals surface area contributed by atoms with E-state index in [-0.39, 0.29) is 0 Å². The average molecular weight is 248 g/mol. The van der Waals surface area contributed by atoms with Crippen LogP contribution in [0.15, 0.2) is 71.9 Å². The fourth-order valence-electron chi connectivity index (χ4n) is 2.13. The first-order chi connectivity index (χ1) is 9.38. The van der Waals surface area contributed by atoms with Crippen LogP contribution in [-0.2, 0) is 0 Å². The first-order valence-corrected chi connectivity index (χ1v) is 6.05. The fourth-order valence-corrected chi connectivity index (χ4v) is 2.13. The standard InChI is InChI=1S/C16H12N2O/c19-18-16-14(12-7-3-1-4-8-12)11-15(17-16)13-9-5-2-6-10-13/h1-11,17H. The highest BCUT2D eigenvalue weighted by atomic mass is 16.3. The first-order valence-electron chi connectivity index (χ1n) is 6.05. The zero-order chi connectivity index (χ0) is 13.1. The van der Waals surface area contributed by atoms with Gasteiger partial charge in [0.25, 0.3) is 0 Å². The van der Waals surface area contributed by atoms with Crippen LogP contribution in [0, 0.1) is 4.91 Å². The summed E-state index contributed by atoms with van der Waals surface area (Å²) in [6.07, 6.45) is 0. The van der Waals surface area contributed by atoms with Gasteiger partial charge in [0.15, 0.2) is 5.82 Å². The highest BCUT2D eigenvalue weighted by molar-refractivity contribution is 5.80. The molecule has 1 N–H and O–H groups in total. The van der Waals surface area contributed by atoms with Crippen molar-refractivity contribution in [2.45, 2.75) is 0 Å². The number of nitrogens with one attached hydrogen (secondary N) is 1. The molecule has 0 amide bonds. The number of rotatable bonds is 3. The second-order valence-corrected chi connectivity index (χ2v) is 4.27. The third-order valence-corrected chi connectivity index (χ3v) is 3.06. The van der Waals surface area contributed by atoms with Gasteiger partial charge in [0.1, 0.15) is 0 Å². The maximum atomic E-state index is 11.0. The number of aromatic amines is 1. The molecule has 92 valence electrons. The molecule has 0 unspecified atom stereocenters. The molecule has 1 heterocycles. The normalized spacial score (nSPS) is 10.3. The van der Waals surface area contributed by atoms with Crippen LogP contribution in [0.25, 0.3) is 22.4 Å². The summed E-state index contributed by atoms with van der Waals surface area (Å²) in [5.41, 5.74) is 3.74. The summed E-state index contributed by atoms with van der Waals surface area (Å²) in [6.45, 7) is 0. The number of hydrogen-bond acceptors (Lipinski definition) is 2. The predicted molar refractivity (Wildman–Crippen MR) is 77.1 cm³/mol. The van der Waals surface area contributed by atoms with Crippen molar-refractivity contribution in [2.75, 3.05) is 0 Å². The van der Waals surface area contributed by atoms with E-state index in [0.717, 1.165) is 22.4 Å². The topological polar surface area (TPSA) is 45.2 Å². The molecule has 3 rings (SSSR count). The molecule has 0 saturated carbocycles. The minimum absolute atomic E-state index is 0.366. The van der Waals surface area contributed by atoms with E-state index in [9.17, 15) is 4.91 Å². The second kappa shape index (κ2) is 4.90. The van der Waals surface area contributed by atoms with E-state index in [0.29, 0.717) is 5.82 Å². The number of aromatic nitrogens is 1. The summed E-state index contributed by atoms with van der Waals surface area (Å²) in [4.78, 5) is 14.0. The molecule has 0 fully saturated rings. The molecule has 3 nitrogen and oxygen atoms in total. The lowest BCUT2D eigenvalue weighted by atomic mass is 10.1. The van der Waals surface area contributed by atoms with E-state index < -0.39 is 0 Å². The molecule has 0 aliphatic heterocycles. The van der Waals surface area contributed by atoms with E-state index >= 15 is 0 Å². The van der Waals surface area contributed by atoms with Crippen molar-refractivity contribution in [3.63, 3.8) is 0 Å². The maximum Gasteiger partial charge on any atom is 0.183 e. The average Bonchev–Trinajstić information content (AvgIpc) is 2.93. The Morgan fingerprint density at radius 1 is 0.789 bits per heavy atom. The molecule has 0 radical (unpaired) electrons. The Morgan fingerprint density at radius 2 is 1.37 bits per heavy atom. The summed E-state index contributed by atoms with van der Waals surface area (Å²) < 4.78 is 0. The minimum atomic E-state index is 0.366. The van der Waals surface area contributed by atoms with E-state index in [1.165, 1.54) is 0 Å². The van der Waals surface area contributed by atoms with Gasteiger partial charge in [-0.1, -0.05) is 60.7 Å². The number of nitrogens with zero attached hydrogens (tertiary/aromatic N) is 1. The zero-order valence-corrected chi connectivity index (χ0v) is 10.2. The largest absolute Gasteiger partial charge is 0.336 e. The minimum Gasteiger partial charge on any atom is -0.336 e. The van der Waals surface area contributed by atoms with Crippen molar-refractivity contribution in [2.24, 2.45) is 5.18 Å². The van der Waals surface area contributed by atoms with Crippen LogP contribution in [0.1, 0.15) is 0 Å². The van der Waals surface area contributed by atoms with Crippen LogP contribution >= 0.6 is 0 Å². The molecular weight excluding hydrogens is 236 g/mol. The van der Waals surface area contributed by atoms with Gasteiger partial charge >= 0.3 is 0 Å². The predicted octanol–water partition coefficient (Wildman–Crippen LogP) is 4.75. The Balaban J connectivity index is 2.12. The molecule has 0 bridgehead atoms. The highest BCUT2D eigenvalue weighted by Gasteiger charge is 2.11. The monoisotopic (exact) mass is 248 g/mol. The van der Waals surface area contributed by atoms with Gasteiger partial charge in [0, 0.05) is 11.3 Å². The molecule has 0 spiro atoms. The van der Waals surface area contributed by atoms with Gasteiger partial charge in [-0.15, -0.1) is 4.91 Å². The third kappa shape index (κ3) is 2.18. The van der Waals surface area contributed by atoms with Crippen LogP contribution in [0.2, 0.25) is 0 Å². The number of nitroso groups, excluding NO2 is 1. The number of H-pyrrole nitrogens is 1. The lowest BCUT2D eigenvalue weighted by molar-refractivity contribution is 1.32. The smallest absolute Gasteiger partial charge is 0.183 e. The molecule has 0 aliphatic carbocycles. The molecule has 0 atom stereocenters. The Labute approximate surface area is 110 Å². The second-order valence-electron chi connectivity index (χ2n) is 4.27. The summed E-state index contributed by atoms with van der Waals surface area (Å²) in [5, 5.41) is 3.09. The van der Waals surface area contributed by atoms with Crippen LogP contribution in [0.5, 0.6) is 0 Å². The van der Waals surface area contributed by atoms with Crippen molar-refractivity contribution in [3.05, 3.63) is 71.6 Å². The Kier molecular flexibility index (Phi) is 2.94. The highest BCUT2D eigenvalue weighted by Crippen LogP contribution is 2.34. The molecule has 0 saturated heterocycles. The number of hydrogen-bond donors (Lipinski definition) is 1. The van der Waals surface area contributed by atoms with E-state index in [2.05, 4.69) is 10.2 Å². The van der Waals surface area contributed by atoms with Crippen LogP contribution in [0.3, 0.4) is 0 Å². The first kappa shape index (κ1) is 11.4. The number of benzene rings is 2. The van der Waals surface area contributed by atoms with Gasteiger partial charge in [-0.2, -0.15) is 0 Å². The molecule has 19 heavy (non-hydrogen) atoms. The van der Waals surface area contributed by atoms with E-state index in [1.54, 1.807) is 0 Å². The van der Waals surface area contributed by atoms with Crippen LogP contribution in [-0.4, -0.2) is 4.98 Å². The van der Waals surface area contributed by atoms with Gasteiger partial charge in [-0.3, -0.25) is 0 Å². The van der Waals surface area contributed by atoms with Crippen molar-refractivity contribution < 1.29 is 0 Å². The van der Waals surface area contributed by atoms with Crippen molar-refractivity contribution in [1.82, 2.24) is 4.98 Å². The van der Waals surface area contributed by atoms with Gasteiger partial charge in [0.2, 0.25) is 0 Å². The Bertz CT molecular complexity index is 687. The van der Waals surface area contributed by atoms with Gasteiger partial charge < -0.3 is 4.98 Å². The van der Waals surface area contributed by atoms with Crippen molar-refractivity contribution in [1.29, 1.82) is 0 Å². The Hall–Kier alpha value is -2.68. The molecule has 2 aromatic carbocycles. The summed E-state index contributed by atoms with van der Waals surface area (Å²) >= 11 is 0. The summed E-state index contributed by atoms with van der Waals surface area (Å²) in [6, 6.07) is 21.6. The SMILES string of the molecule is O=Nc1[nH]c(-c2ccccc2)cc1-c1ccccc1. The molecule has 0 aliphatic rings.